The van der Waals surface area contributed by atoms with Crippen molar-refractivity contribution in [3.05, 3.63) is 90.0 Å². The van der Waals surface area contributed by atoms with Gasteiger partial charge < -0.3 is 4.90 Å². The molecule has 2 aromatic heterocycles. The number of carbonyl (C=O) groups is 1. The van der Waals surface area contributed by atoms with Crippen LogP contribution in [0.5, 0.6) is 0 Å². The number of nitrogens with zero attached hydrogens (tertiary/aromatic N) is 4. The third kappa shape index (κ3) is 3.32. The predicted molar refractivity (Wildman–Crippen MR) is 114 cm³/mol. The van der Waals surface area contributed by atoms with Crippen LogP contribution < -0.4 is 0 Å². The van der Waals surface area contributed by atoms with Gasteiger partial charge in [0.2, 0.25) is 15.9 Å². The van der Waals surface area contributed by atoms with Gasteiger partial charge in [0.25, 0.3) is 0 Å². The molecule has 1 saturated heterocycles. The third-order valence-corrected chi connectivity index (χ3v) is 8.13. The predicted octanol–water partition coefficient (Wildman–Crippen LogP) is 2.35. The van der Waals surface area contributed by atoms with E-state index in [0.717, 1.165) is 16.7 Å². The molecule has 0 N–H and O–H groups in total. The zero-order chi connectivity index (χ0) is 21.5. The van der Waals surface area contributed by atoms with E-state index in [0.29, 0.717) is 24.4 Å². The summed E-state index contributed by atoms with van der Waals surface area (Å²) in [6.07, 6.45) is 7.53. The van der Waals surface area contributed by atoms with E-state index in [-0.39, 0.29) is 18.9 Å². The zero-order valence-electron chi connectivity index (χ0n) is 16.9. The molecule has 5 rings (SSSR count). The summed E-state index contributed by atoms with van der Waals surface area (Å²) >= 11 is 0. The lowest BCUT2D eigenvalue weighted by Gasteiger charge is -2.34. The summed E-state index contributed by atoms with van der Waals surface area (Å²) < 4.78 is 28.6. The number of likely N-dealkylation sites (tertiary alicyclic amines) is 1. The Balaban J connectivity index is 1.50. The van der Waals surface area contributed by atoms with E-state index in [1.807, 2.05) is 30.3 Å². The lowest BCUT2D eigenvalue weighted by molar-refractivity contribution is -0.129. The van der Waals surface area contributed by atoms with Gasteiger partial charge in [0.1, 0.15) is 0 Å². The van der Waals surface area contributed by atoms with Crippen LogP contribution in [0.1, 0.15) is 23.1 Å². The Morgan fingerprint density at radius 3 is 2.39 bits per heavy atom. The largest absolute Gasteiger partial charge is 0.340 e. The van der Waals surface area contributed by atoms with E-state index in [9.17, 15) is 13.2 Å². The van der Waals surface area contributed by atoms with Gasteiger partial charge in [-0.05, 0) is 41.3 Å². The minimum absolute atomic E-state index is 0.0204. The summed E-state index contributed by atoms with van der Waals surface area (Å²) in [5.74, 6) is -0.0204. The average Bonchev–Trinajstić information content (AvgIpc) is 3.31. The minimum atomic E-state index is -3.69. The van der Waals surface area contributed by atoms with Gasteiger partial charge in [-0.1, -0.05) is 30.3 Å². The second kappa shape index (κ2) is 7.55. The lowest BCUT2D eigenvalue weighted by atomic mass is 9.88. The van der Waals surface area contributed by atoms with Crippen LogP contribution in [0.2, 0.25) is 0 Å². The molecular formula is C23H22N4O3S. The highest BCUT2D eigenvalue weighted by atomic mass is 32.2. The van der Waals surface area contributed by atoms with E-state index in [1.54, 1.807) is 52.2 Å². The number of benzene rings is 1. The van der Waals surface area contributed by atoms with E-state index in [4.69, 9.17) is 0 Å². The Labute approximate surface area is 181 Å². The van der Waals surface area contributed by atoms with E-state index >= 15 is 0 Å². The van der Waals surface area contributed by atoms with Crippen molar-refractivity contribution in [3.63, 3.8) is 0 Å². The van der Waals surface area contributed by atoms with Crippen LogP contribution in [-0.2, 0) is 33.3 Å². The van der Waals surface area contributed by atoms with Crippen molar-refractivity contribution < 1.29 is 13.2 Å². The summed E-state index contributed by atoms with van der Waals surface area (Å²) in [5, 5.41) is 0. The number of hydrogen-bond donors (Lipinski definition) is 0. The number of pyridine rings is 2. The van der Waals surface area contributed by atoms with Crippen molar-refractivity contribution in [2.45, 2.75) is 29.8 Å². The first-order valence-electron chi connectivity index (χ1n) is 10.2. The number of fused-ring (bicyclic) bond motifs is 2. The summed E-state index contributed by atoms with van der Waals surface area (Å²) in [5.41, 5.74) is 1.67. The summed E-state index contributed by atoms with van der Waals surface area (Å²) in [7, 11) is -3.69. The molecular weight excluding hydrogens is 412 g/mol. The highest BCUT2D eigenvalue weighted by Gasteiger charge is 2.57. The number of amides is 1. The topological polar surface area (TPSA) is 83.5 Å². The molecule has 0 aliphatic carbocycles. The fourth-order valence-corrected chi connectivity index (χ4v) is 6.72. The molecule has 0 radical (unpaired) electrons. The zero-order valence-corrected chi connectivity index (χ0v) is 17.7. The highest BCUT2D eigenvalue weighted by molar-refractivity contribution is 7.89. The number of aromatic nitrogens is 2. The first kappa shape index (κ1) is 19.8. The molecule has 1 atom stereocenters. The SMILES string of the molecule is O=C(Cc1cccnc1)N1CC[C@]2(C1)c1ccccc1S(=O)(=O)N2Cc1cccnc1. The van der Waals surface area contributed by atoms with Gasteiger partial charge in [-0.25, -0.2) is 8.42 Å². The molecule has 2 aliphatic rings. The van der Waals surface area contributed by atoms with Crippen molar-refractivity contribution >= 4 is 15.9 Å². The molecule has 1 fully saturated rings. The summed E-state index contributed by atoms with van der Waals surface area (Å²) in [4.78, 5) is 23.3. The number of sulfonamides is 1. The molecule has 4 heterocycles. The quantitative estimate of drug-likeness (QED) is 0.630. The van der Waals surface area contributed by atoms with Crippen LogP contribution >= 0.6 is 0 Å². The van der Waals surface area contributed by atoms with E-state index in [1.165, 1.54) is 0 Å². The molecule has 0 unspecified atom stereocenters. The Kier molecular flexibility index (Phi) is 4.83. The normalized spacial score (nSPS) is 22.0. The Morgan fingerprint density at radius 2 is 1.68 bits per heavy atom. The van der Waals surface area contributed by atoms with Gasteiger partial charge in [-0.3, -0.25) is 14.8 Å². The van der Waals surface area contributed by atoms with Crippen LogP contribution in [0.15, 0.2) is 78.2 Å². The summed E-state index contributed by atoms with van der Waals surface area (Å²) in [6.45, 7) is 1.06. The standard InChI is InChI=1S/C23H22N4O3S/c28-22(13-18-5-3-10-24-14-18)26-12-9-23(17-26)20-7-1-2-8-21(20)31(29,30)27(23)16-19-6-4-11-25-15-19/h1-8,10-11,14-15H,9,12-13,16-17H2/t23-/m0/s1. The maximum absolute atomic E-state index is 13.5. The molecule has 2 aliphatic heterocycles. The average molecular weight is 435 g/mol. The van der Waals surface area contributed by atoms with Crippen molar-refractivity contribution in [3.8, 4) is 0 Å². The van der Waals surface area contributed by atoms with Crippen molar-refractivity contribution in [2.24, 2.45) is 0 Å². The maximum atomic E-state index is 13.5. The van der Waals surface area contributed by atoms with Gasteiger partial charge in [-0.2, -0.15) is 4.31 Å². The molecule has 0 bridgehead atoms. The molecule has 1 amide bonds. The Hall–Kier alpha value is -3.10. The molecule has 7 nitrogen and oxygen atoms in total. The molecule has 31 heavy (non-hydrogen) atoms. The van der Waals surface area contributed by atoms with E-state index < -0.39 is 15.6 Å². The van der Waals surface area contributed by atoms with Gasteiger partial charge in [0.15, 0.2) is 0 Å². The second-order valence-electron chi connectivity index (χ2n) is 8.00. The summed E-state index contributed by atoms with van der Waals surface area (Å²) in [6, 6.07) is 14.5. The van der Waals surface area contributed by atoms with Crippen LogP contribution in [0.25, 0.3) is 0 Å². The number of rotatable bonds is 4. The van der Waals surface area contributed by atoms with Crippen molar-refractivity contribution in [1.82, 2.24) is 19.2 Å². The molecule has 158 valence electrons. The van der Waals surface area contributed by atoms with Crippen molar-refractivity contribution in [2.75, 3.05) is 13.1 Å². The number of hydrogen-bond acceptors (Lipinski definition) is 5. The monoisotopic (exact) mass is 434 g/mol. The van der Waals surface area contributed by atoms with Crippen LogP contribution in [0.3, 0.4) is 0 Å². The smallest absolute Gasteiger partial charge is 0.244 e. The van der Waals surface area contributed by atoms with Crippen molar-refractivity contribution in [1.29, 1.82) is 0 Å². The molecule has 8 heteroatoms. The van der Waals surface area contributed by atoms with Gasteiger partial charge in [0.05, 0.1) is 16.9 Å². The highest BCUT2D eigenvalue weighted by Crippen LogP contribution is 2.50. The Bertz CT molecular complexity index is 1220. The van der Waals surface area contributed by atoms with Crippen LogP contribution in [0.4, 0.5) is 0 Å². The third-order valence-electron chi connectivity index (χ3n) is 6.16. The fourth-order valence-electron chi connectivity index (χ4n) is 4.67. The first-order valence-corrected chi connectivity index (χ1v) is 11.6. The van der Waals surface area contributed by atoms with Gasteiger partial charge in [-0.15, -0.1) is 0 Å². The second-order valence-corrected chi connectivity index (χ2v) is 9.83. The van der Waals surface area contributed by atoms with Gasteiger partial charge in [0, 0.05) is 44.4 Å². The fraction of sp³-hybridized carbons (Fsp3) is 0.261. The maximum Gasteiger partial charge on any atom is 0.244 e. The van der Waals surface area contributed by atoms with Crippen LogP contribution in [0, 0.1) is 0 Å². The Morgan fingerprint density at radius 1 is 0.968 bits per heavy atom. The molecule has 1 aromatic carbocycles. The number of carbonyl (C=O) groups excluding carboxylic acids is 1. The molecule has 1 spiro atoms. The van der Waals surface area contributed by atoms with Crippen LogP contribution in [-0.4, -0.2) is 46.6 Å². The lowest BCUT2D eigenvalue weighted by Crippen LogP contribution is -2.46. The van der Waals surface area contributed by atoms with Gasteiger partial charge >= 0.3 is 0 Å². The molecule has 3 aromatic rings. The van der Waals surface area contributed by atoms with E-state index in [2.05, 4.69) is 9.97 Å². The first-order chi connectivity index (χ1) is 15.0. The minimum Gasteiger partial charge on any atom is -0.340 e. The molecule has 0 saturated carbocycles.